The van der Waals surface area contributed by atoms with Crippen molar-refractivity contribution in [1.82, 2.24) is 20.4 Å². The average Bonchev–Trinajstić information content (AvgIpc) is 2.95. The second-order valence-electron chi connectivity index (χ2n) is 6.19. The fourth-order valence-electron chi connectivity index (χ4n) is 2.77. The minimum atomic E-state index is -4.70. The molecule has 0 saturated carbocycles. The van der Waals surface area contributed by atoms with Crippen LogP contribution in [-0.2, 0) is 22.7 Å². The highest BCUT2D eigenvalue weighted by molar-refractivity contribution is 7.89. The van der Waals surface area contributed by atoms with Crippen molar-refractivity contribution in [3.63, 3.8) is 0 Å². The summed E-state index contributed by atoms with van der Waals surface area (Å²) in [6, 6.07) is 3.35. The molecule has 1 amide bonds. The first-order valence-electron chi connectivity index (χ1n) is 8.73. The SMILES string of the molecule is CCNCc1c(C(F)(F)F)nn(-c2ccc(S(N)(=O)=O)cc2C(=O)NCC)c1C. The monoisotopic (exact) mass is 433 g/mol. The number of rotatable bonds is 7. The van der Waals surface area contributed by atoms with Gasteiger partial charge in [0.1, 0.15) is 0 Å². The third-order valence-electron chi connectivity index (χ3n) is 4.17. The number of carbonyl (C=O) groups excluding carboxylic acids is 1. The molecule has 0 fully saturated rings. The lowest BCUT2D eigenvalue weighted by atomic mass is 10.1. The normalized spacial score (nSPS) is 12.2. The number of amides is 1. The van der Waals surface area contributed by atoms with Gasteiger partial charge in [-0.3, -0.25) is 4.79 Å². The third-order valence-corrected chi connectivity index (χ3v) is 5.08. The van der Waals surface area contributed by atoms with E-state index in [-0.39, 0.29) is 40.5 Å². The molecule has 0 radical (unpaired) electrons. The fourth-order valence-corrected chi connectivity index (χ4v) is 3.31. The van der Waals surface area contributed by atoms with Crippen LogP contribution in [0.2, 0.25) is 0 Å². The van der Waals surface area contributed by atoms with Gasteiger partial charge in [-0.1, -0.05) is 6.92 Å². The van der Waals surface area contributed by atoms with E-state index in [1.165, 1.54) is 13.0 Å². The van der Waals surface area contributed by atoms with E-state index in [1.54, 1.807) is 13.8 Å². The number of nitrogens with two attached hydrogens (primary N) is 1. The van der Waals surface area contributed by atoms with E-state index in [0.29, 0.717) is 6.54 Å². The molecule has 160 valence electrons. The van der Waals surface area contributed by atoms with Crippen LogP contribution in [0.25, 0.3) is 5.69 Å². The molecule has 1 heterocycles. The summed E-state index contributed by atoms with van der Waals surface area (Å²) >= 11 is 0. The summed E-state index contributed by atoms with van der Waals surface area (Å²) in [4.78, 5) is 12.1. The first-order valence-corrected chi connectivity index (χ1v) is 10.3. The highest BCUT2D eigenvalue weighted by Crippen LogP contribution is 2.34. The van der Waals surface area contributed by atoms with Gasteiger partial charge in [-0.2, -0.15) is 18.3 Å². The molecular weight excluding hydrogens is 411 g/mol. The Morgan fingerprint density at radius 2 is 1.90 bits per heavy atom. The lowest BCUT2D eigenvalue weighted by Crippen LogP contribution is -2.25. The van der Waals surface area contributed by atoms with Crippen LogP contribution < -0.4 is 15.8 Å². The Balaban J connectivity index is 2.76. The van der Waals surface area contributed by atoms with Crippen molar-refractivity contribution in [2.24, 2.45) is 5.14 Å². The number of hydrogen-bond acceptors (Lipinski definition) is 5. The molecule has 1 aromatic carbocycles. The van der Waals surface area contributed by atoms with E-state index in [0.717, 1.165) is 16.8 Å². The highest BCUT2D eigenvalue weighted by Gasteiger charge is 2.38. The molecule has 2 rings (SSSR count). The second kappa shape index (κ2) is 8.51. The molecule has 29 heavy (non-hydrogen) atoms. The van der Waals surface area contributed by atoms with Crippen molar-refractivity contribution in [3.05, 3.63) is 40.7 Å². The first kappa shape index (κ1) is 22.8. The van der Waals surface area contributed by atoms with E-state index in [4.69, 9.17) is 5.14 Å². The first-order chi connectivity index (χ1) is 13.4. The van der Waals surface area contributed by atoms with Crippen molar-refractivity contribution in [2.75, 3.05) is 13.1 Å². The van der Waals surface area contributed by atoms with E-state index >= 15 is 0 Å². The van der Waals surface area contributed by atoms with Crippen molar-refractivity contribution in [1.29, 1.82) is 0 Å². The quantitative estimate of drug-likeness (QED) is 0.614. The zero-order chi connectivity index (χ0) is 22.0. The standard InChI is InChI=1S/C17H22F3N5O3S/c1-4-22-9-13-10(3)25(24-15(13)17(18,19)20)14-7-6-11(29(21,27)28)8-12(14)16(26)23-5-2/h6-8,22H,4-5,9H2,1-3H3,(H,23,26)(H2,21,27,28). The number of aromatic nitrogens is 2. The van der Waals surface area contributed by atoms with Gasteiger partial charge in [-0.15, -0.1) is 0 Å². The lowest BCUT2D eigenvalue weighted by molar-refractivity contribution is -0.142. The third kappa shape index (κ3) is 4.95. The number of benzene rings is 1. The molecule has 0 atom stereocenters. The predicted octanol–water partition coefficient (Wildman–Crippen LogP) is 1.71. The van der Waals surface area contributed by atoms with Crippen LogP contribution in [0.3, 0.4) is 0 Å². The summed E-state index contributed by atoms with van der Waals surface area (Å²) in [6.45, 7) is 5.47. The maximum atomic E-state index is 13.5. The summed E-state index contributed by atoms with van der Waals surface area (Å²) in [5, 5.41) is 14.2. The fraction of sp³-hybridized carbons (Fsp3) is 0.412. The van der Waals surface area contributed by atoms with Gasteiger partial charge >= 0.3 is 6.18 Å². The van der Waals surface area contributed by atoms with Gasteiger partial charge in [0.05, 0.1) is 16.1 Å². The Morgan fingerprint density at radius 3 is 2.41 bits per heavy atom. The Bertz CT molecular complexity index is 1020. The minimum Gasteiger partial charge on any atom is -0.352 e. The van der Waals surface area contributed by atoms with Crippen molar-refractivity contribution in [2.45, 2.75) is 38.4 Å². The molecule has 0 aliphatic heterocycles. The van der Waals surface area contributed by atoms with Crippen molar-refractivity contribution in [3.8, 4) is 5.69 Å². The number of nitrogens with zero attached hydrogens (tertiary/aromatic N) is 2. The minimum absolute atomic E-state index is 0.00842. The number of halogens is 3. The topological polar surface area (TPSA) is 119 Å². The molecule has 0 bridgehead atoms. The van der Waals surface area contributed by atoms with E-state index in [9.17, 15) is 26.4 Å². The average molecular weight is 433 g/mol. The molecule has 2 aromatic rings. The van der Waals surface area contributed by atoms with Crippen LogP contribution >= 0.6 is 0 Å². The number of hydrogen-bond donors (Lipinski definition) is 3. The highest BCUT2D eigenvalue weighted by atomic mass is 32.2. The van der Waals surface area contributed by atoms with Gasteiger partial charge in [-0.05, 0) is 38.6 Å². The van der Waals surface area contributed by atoms with E-state index in [1.807, 2.05) is 0 Å². The molecule has 0 aliphatic carbocycles. The second-order valence-corrected chi connectivity index (χ2v) is 7.75. The summed E-state index contributed by atoms with van der Waals surface area (Å²) in [6.07, 6.45) is -4.70. The van der Waals surface area contributed by atoms with E-state index < -0.39 is 27.8 Å². The number of alkyl halides is 3. The predicted molar refractivity (Wildman–Crippen MR) is 100 cm³/mol. The zero-order valence-electron chi connectivity index (χ0n) is 16.1. The molecule has 0 spiro atoms. The Kier molecular flexibility index (Phi) is 6.71. The molecule has 0 saturated heterocycles. The van der Waals surface area contributed by atoms with Crippen LogP contribution in [0.1, 0.15) is 41.2 Å². The van der Waals surface area contributed by atoms with Crippen LogP contribution in [0, 0.1) is 6.92 Å². The number of nitrogens with one attached hydrogen (secondary N) is 2. The van der Waals surface area contributed by atoms with Gasteiger partial charge in [0.25, 0.3) is 5.91 Å². The van der Waals surface area contributed by atoms with Gasteiger partial charge in [0.15, 0.2) is 5.69 Å². The molecule has 8 nitrogen and oxygen atoms in total. The number of primary sulfonamides is 1. The Labute approximate surface area is 166 Å². The van der Waals surface area contributed by atoms with E-state index in [2.05, 4.69) is 15.7 Å². The molecule has 0 aliphatic rings. The number of sulfonamides is 1. The molecule has 0 unspecified atom stereocenters. The largest absolute Gasteiger partial charge is 0.435 e. The molecular formula is C17H22F3N5O3S. The summed E-state index contributed by atoms with van der Waals surface area (Å²) in [7, 11) is -4.12. The molecule has 12 heteroatoms. The molecule has 4 N–H and O–H groups in total. The maximum Gasteiger partial charge on any atom is 0.435 e. The Morgan fingerprint density at radius 1 is 1.24 bits per heavy atom. The summed E-state index contributed by atoms with van der Waals surface area (Å²) < 4.78 is 64.8. The summed E-state index contributed by atoms with van der Waals surface area (Å²) in [5.74, 6) is -0.662. The van der Waals surface area contributed by atoms with Crippen molar-refractivity contribution < 1.29 is 26.4 Å². The number of carbonyl (C=O) groups is 1. The van der Waals surface area contributed by atoms with Crippen LogP contribution in [0.4, 0.5) is 13.2 Å². The molecule has 1 aromatic heterocycles. The van der Waals surface area contributed by atoms with Gasteiger partial charge in [-0.25, -0.2) is 18.2 Å². The van der Waals surface area contributed by atoms with Crippen LogP contribution in [0.5, 0.6) is 0 Å². The van der Waals surface area contributed by atoms with Crippen LogP contribution in [-0.4, -0.2) is 37.2 Å². The summed E-state index contributed by atoms with van der Waals surface area (Å²) in [5.41, 5.74) is -1.11. The van der Waals surface area contributed by atoms with Gasteiger partial charge in [0, 0.05) is 24.3 Å². The van der Waals surface area contributed by atoms with Gasteiger partial charge in [0.2, 0.25) is 10.0 Å². The Hall–Kier alpha value is -2.44. The van der Waals surface area contributed by atoms with Crippen molar-refractivity contribution >= 4 is 15.9 Å². The van der Waals surface area contributed by atoms with Gasteiger partial charge < -0.3 is 10.6 Å². The smallest absolute Gasteiger partial charge is 0.352 e. The maximum absolute atomic E-state index is 13.5. The van der Waals surface area contributed by atoms with Crippen LogP contribution in [0.15, 0.2) is 23.1 Å². The zero-order valence-corrected chi connectivity index (χ0v) is 16.9. The lowest BCUT2D eigenvalue weighted by Gasteiger charge is -2.13.